The van der Waals surface area contributed by atoms with Crippen molar-refractivity contribution in [3.05, 3.63) is 23.7 Å². The molecule has 1 atom stereocenters. The number of hydrogen-bond donors (Lipinski definition) is 1. The summed E-state index contributed by atoms with van der Waals surface area (Å²) in [6.07, 6.45) is 7.02. The molecule has 3 rings (SSSR count). The van der Waals surface area contributed by atoms with E-state index in [1.807, 2.05) is 6.26 Å². The summed E-state index contributed by atoms with van der Waals surface area (Å²) in [6, 6.07) is 2.60. The molecule has 0 amide bonds. The predicted molar refractivity (Wildman–Crippen MR) is 55.1 cm³/mol. The van der Waals surface area contributed by atoms with Gasteiger partial charge in [-0.25, -0.2) is 0 Å². The van der Waals surface area contributed by atoms with Crippen LogP contribution in [0.1, 0.15) is 43.6 Å². The second-order valence-corrected chi connectivity index (χ2v) is 4.95. The number of furan rings is 1. The summed E-state index contributed by atoms with van der Waals surface area (Å²) in [5, 5.41) is 3.61. The van der Waals surface area contributed by atoms with Crippen molar-refractivity contribution in [3.8, 4) is 0 Å². The molecule has 2 heterocycles. The molecule has 14 heavy (non-hydrogen) atoms. The van der Waals surface area contributed by atoms with Crippen LogP contribution in [-0.4, -0.2) is 6.54 Å². The van der Waals surface area contributed by atoms with Crippen molar-refractivity contribution < 1.29 is 4.42 Å². The lowest BCUT2D eigenvalue weighted by molar-refractivity contribution is 0.0797. The molecule has 76 valence electrons. The Kier molecular flexibility index (Phi) is 1.75. The topological polar surface area (TPSA) is 25.2 Å². The monoisotopic (exact) mass is 191 g/mol. The van der Waals surface area contributed by atoms with Crippen molar-refractivity contribution in [2.24, 2.45) is 5.41 Å². The Labute approximate surface area is 84.7 Å². The highest BCUT2D eigenvalue weighted by molar-refractivity contribution is 5.26. The number of fused-ring (bicyclic) bond motifs is 1. The van der Waals surface area contributed by atoms with E-state index in [2.05, 4.69) is 18.3 Å². The maximum Gasteiger partial charge on any atom is 0.124 e. The Bertz CT molecular complexity index is 338. The van der Waals surface area contributed by atoms with Crippen molar-refractivity contribution in [3.63, 3.8) is 0 Å². The first-order chi connectivity index (χ1) is 6.80. The van der Waals surface area contributed by atoms with Crippen LogP contribution in [0, 0.1) is 5.41 Å². The van der Waals surface area contributed by atoms with Gasteiger partial charge in [-0.05, 0) is 36.3 Å². The molecule has 2 heteroatoms. The van der Waals surface area contributed by atoms with E-state index in [4.69, 9.17) is 4.42 Å². The Balaban J connectivity index is 1.96. The summed E-state index contributed by atoms with van der Waals surface area (Å²) in [5.41, 5.74) is 1.87. The van der Waals surface area contributed by atoms with E-state index >= 15 is 0 Å². The quantitative estimate of drug-likeness (QED) is 0.738. The predicted octanol–water partition coefficient (Wildman–Crippen LogP) is 2.66. The zero-order chi connectivity index (χ0) is 9.60. The van der Waals surface area contributed by atoms with Crippen LogP contribution in [0.25, 0.3) is 0 Å². The molecule has 0 aromatic carbocycles. The minimum absolute atomic E-state index is 0.451. The molecule has 0 radical (unpaired) electrons. The minimum atomic E-state index is 0.451. The van der Waals surface area contributed by atoms with Gasteiger partial charge in [-0.3, -0.25) is 0 Å². The normalized spacial score (nSPS) is 29.4. The SMILES string of the molecule is CC1(C2NCCc3ccoc32)CCC1. The van der Waals surface area contributed by atoms with Gasteiger partial charge in [-0.2, -0.15) is 0 Å². The second kappa shape index (κ2) is 2.86. The molecule has 1 N–H and O–H groups in total. The number of nitrogens with one attached hydrogen (secondary N) is 1. The van der Waals surface area contributed by atoms with Gasteiger partial charge in [0.15, 0.2) is 0 Å². The van der Waals surface area contributed by atoms with Gasteiger partial charge in [0.05, 0.1) is 12.3 Å². The van der Waals surface area contributed by atoms with Crippen LogP contribution in [0.2, 0.25) is 0 Å². The zero-order valence-electron chi connectivity index (χ0n) is 8.68. The van der Waals surface area contributed by atoms with Gasteiger partial charge >= 0.3 is 0 Å². The molecule has 1 aromatic heterocycles. The third-order valence-corrected chi connectivity index (χ3v) is 3.98. The lowest BCUT2D eigenvalue weighted by Crippen LogP contribution is -2.43. The van der Waals surface area contributed by atoms with Gasteiger partial charge in [-0.1, -0.05) is 13.3 Å². The van der Waals surface area contributed by atoms with Crippen LogP contribution in [0.15, 0.2) is 16.7 Å². The summed E-state index contributed by atoms with van der Waals surface area (Å²) in [7, 11) is 0. The standard InChI is InChI=1S/C12H17NO/c1-12(5-2-6-12)11-10-9(3-7-13-11)4-8-14-10/h4,8,11,13H,2-3,5-7H2,1H3. The highest BCUT2D eigenvalue weighted by Gasteiger charge is 2.43. The number of rotatable bonds is 1. The van der Waals surface area contributed by atoms with E-state index in [-0.39, 0.29) is 0 Å². The van der Waals surface area contributed by atoms with Crippen LogP contribution in [-0.2, 0) is 6.42 Å². The molecular weight excluding hydrogens is 174 g/mol. The van der Waals surface area contributed by atoms with Crippen LogP contribution < -0.4 is 5.32 Å². The first kappa shape index (κ1) is 8.54. The second-order valence-electron chi connectivity index (χ2n) is 4.95. The molecule has 0 bridgehead atoms. The van der Waals surface area contributed by atoms with Crippen molar-refractivity contribution in [2.45, 2.75) is 38.6 Å². The fourth-order valence-corrected chi connectivity index (χ4v) is 2.84. The molecule has 1 fully saturated rings. The van der Waals surface area contributed by atoms with Crippen molar-refractivity contribution in [1.82, 2.24) is 5.32 Å². The van der Waals surface area contributed by atoms with Gasteiger partial charge in [-0.15, -0.1) is 0 Å². The Morgan fingerprint density at radius 2 is 2.36 bits per heavy atom. The average Bonchev–Trinajstić information content (AvgIpc) is 2.61. The maximum absolute atomic E-state index is 5.63. The fraction of sp³-hybridized carbons (Fsp3) is 0.667. The molecule has 1 aromatic rings. The van der Waals surface area contributed by atoms with Crippen molar-refractivity contribution in [1.29, 1.82) is 0 Å². The van der Waals surface area contributed by atoms with Crippen LogP contribution in [0.5, 0.6) is 0 Å². The molecule has 1 saturated carbocycles. The third kappa shape index (κ3) is 1.07. The van der Waals surface area contributed by atoms with Gasteiger partial charge in [0.2, 0.25) is 0 Å². The van der Waals surface area contributed by atoms with Gasteiger partial charge in [0.1, 0.15) is 5.76 Å². The zero-order valence-corrected chi connectivity index (χ0v) is 8.68. The lowest BCUT2D eigenvalue weighted by Gasteiger charge is -2.46. The molecule has 2 nitrogen and oxygen atoms in total. The summed E-state index contributed by atoms with van der Waals surface area (Å²) in [5.74, 6) is 1.21. The largest absolute Gasteiger partial charge is 0.467 e. The number of hydrogen-bond acceptors (Lipinski definition) is 2. The van der Waals surface area contributed by atoms with E-state index in [1.54, 1.807) is 0 Å². The summed E-state index contributed by atoms with van der Waals surface area (Å²) in [6.45, 7) is 3.48. The van der Waals surface area contributed by atoms with E-state index in [0.29, 0.717) is 11.5 Å². The molecule has 2 aliphatic rings. The average molecular weight is 191 g/mol. The Hall–Kier alpha value is -0.760. The lowest BCUT2D eigenvalue weighted by atomic mass is 9.64. The maximum atomic E-state index is 5.63. The van der Waals surface area contributed by atoms with Crippen LogP contribution >= 0.6 is 0 Å². The van der Waals surface area contributed by atoms with E-state index in [9.17, 15) is 0 Å². The summed E-state index contributed by atoms with van der Waals surface area (Å²) in [4.78, 5) is 0. The highest BCUT2D eigenvalue weighted by Crippen LogP contribution is 2.51. The Morgan fingerprint density at radius 1 is 1.50 bits per heavy atom. The summed E-state index contributed by atoms with van der Waals surface area (Å²) < 4.78 is 5.63. The Morgan fingerprint density at radius 3 is 3.07 bits per heavy atom. The van der Waals surface area contributed by atoms with Crippen LogP contribution in [0.4, 0.5) is 0 Å². The minimum Gasteiger partial charge on any atom is -0.467 e. The van der Waals surface area contributed by atoms with Gasteiger partial charge in [0, 0.05) is 6.54 Å². The fourth-order valence-electron chi connectivity index (χ4n) is 2.84. The van der Waals surface area contributed by atoms with E-state index < -0.39 is 0 Å². The van der Waals surface area contributed by atoms with E-state index in [0.717, 1.165) is 13.0 Å². The molecule has 1 aliphatic carbocycles. The van der Waals surface area contributed by atoms with E-state index in [1.165, 1.54) is 30.6 Å². The highest BCUT2D eigenvalue weighted by atomic mass is 16.3. The molecule has 0 spiro atoms. The summed E-state index contributed by atoms with van der Waals surface area (Å²) >= 11 is 0. The molecule has 1 unspecified atom stereocenters. The van der Waals surface area contributed by atoms with Crippen molar-refractivity contribution >= 4 is 0 Å². The first-order valence-electron chi connectivity index (χ1n) is 5.59. The van der Waals surface area contributed by atoms with Crippen LogP contribution in [0.3, 0.4) is 0 Å². The molecular formula is C12H17NO. The third-order valence-electron chi connectivity index (χ3n) is 3.98. The van der Waals surface area contributed by atoms with Gasteiger partial charge < -0.3 is 9.73 Å². The molecule has 0 saturated heterocycles. The van der Waals surface area contributed by atoms with Gasteiger partial charge in [0.25, 0.3) is 0 Å². The van der Waals surface area contributed by atoms with Crippen molar-refractivity contribution in [2.75, 3.05) is 6.54 Å². The smallest absolute Gasteiger partial charge is 0.124 e. The first-order valence-corrected chi connectivity index (χ1v) is 5.59. The molecule has 1 aliphatic heterocycles.